The van der Waals surface area contributed by atoms with Crippen LogP contribution in [0.5, 0.6) is 0 Å². The molecule has 0 bridgehead atoms. The summed E-state index contributed by atoms with van der Waals surface area (Å²) in [4.78, 5) is 15.4. The number of fused-ring (bicyclic) bond motifs is 3. The molecule has 4 aromatic rings. The molecule has 0 saturated carbocycles. The molecular formula is C26H21ClFN3O. The number of carbonyl (C=O) groups is 1. The van der Waals surface area contributed by atoms with Gasteiger partial charge in [0.15, 0.2) is 0 Å². The summed E-state index contributed by atoms with van der Waals surface area (Å²) in [5.74, 6) is -0.313. The molecular weight excluding hydrogens is 425 g/mol. The van der Waals surface area contributed by atoms with Crippen LogP contribution in [0.3, 0.4) is 0 Å². The first-order valence-electron chi connectivity index (χ1n) is 10.4. The normalized spacial score (nSPS) is 15.0. The summed E-state index contributed by atoms with van der Waals surface area (Å²) in [6.07, 6.45) is 1.99. The third-order valence-corrected chi connectivity index (χ3v) is 6.09. The summed E-state index contributed by atoms with van der Waals surface area (Å²) in [7, 11) is 0. The van der Waals surface area contributed by atoms with Gasteiger partial charge in [-0.3, -0.25) is 0 Å². The summed E-state index contributed by atoms with van der Waals surface area (Å²) < 4.78 is 15.8. The lowest BCUT2D eigenvalue weighted by atomic mass is 10.0. The Kier molecular flexibility index (Phi) is 5.19. The Morgan fingerprint density at radius 3 is 2.62 bits per heavy atom. The molecule has 2 amide bonds. The Bertz CT molecular complexity index is 1300. The van der Waals surface area contributed by atoms with Crippen molar-refractivity contribution >= 4 is 23.3 Å². The van der Waals surface area contributed by atoms with E-state index >= 15 is 0 Å². The van der Waals surface area contributed by atoms with Crippen LogP contribution in [0.25, 0.3) is 5.69 Å². The van der Waals surface area contributed by atoms with Gasteiger partial charge in [-0.05, 0) is 66.1 Å². The minimum Gasteiger partial charge on any atom is -0.318 e. The molecule has 3 aromatic carbocycles. The molecule has 32 heavy (non-hydrogen) atoms. The van der Waals surface area contributed by atoms with E-state index in [0.717, 1.165) is 28.1 Å². The summed E-state index contributed by atoms with van der Waals surface area (Å²) in [5, 5.41) is 3.58. The van der Waals surface area contributed by atoms with E-state index < -0.39 is 6.04 Å². The quantitative estimate of drug-likeness (QED) is 0.365. The van der Waals surface area contributed by atoms with E-state index in [-0.39, 0.29) is 11.8 Å². The van der Waals surface area contributed by atoms with Crippen LogP contribution in [0.4, 0.5) is 14.9 Å². The van der Waals surface area contributed by atoms with E-state index in [4.69, 9.17) is 11.6 Å². The molecule has 4 nitrogen and oxygen atoms in total. The minimum atomic E-state index is -0.405. The summed E-state index contributed by atoms with van der Waals surface area (Å²) in [5.41, 5.74) is 5.38. The Hall–Kier alpha value is -3.57. The van der Waals surface area contributed by atoms with Crippen LogP contribution < -0.4 is 5.32 Å². The maximum atomic E-state index is 13.7. The number of rotatable bonds is 2. The smallest absolute Gasteiger partial charge is 0.318 e. The van der Waals surface area contributed by atoms with E-state index in [1.165, 1.54) is 12.1 Å². The predicted octanol–water partition coefficient (Wildman–Crippen LogP) is 6.72. The lowest BCUT2D eigenvalue weighted by Crippen LogP contribution is -2.38. The predicted molar refractivity (Wildman–Crippen MR) is 125 cm³/mol. The number of halogens is 2. The highest BCUT2D eigenvalue weighted by atomic mass is 35.5. The lowest BCUT2D eigenvalue weighted by Gasteiger charge is -2.31. The van der Waals surface area contributed by atoms with Gasteiger partial charge in [-0.15, -0.1) is 0 Å². The van der Waals surface area contributed by atoms with Crippen LogP contribution in [-0.2, 0) is 6.54 Å². The highest BCUT2D eigenvalue weighted by Crippen LogP contribution is 2.37. The molecule has 1 aliphatic rings. The number of aromatic nitrogens is 1. The van der Waals surface area contributed by atoms with Crippen molar-refractivity contribution < 1.29 is 9.18 Å². The van der Waals surface area contributed by atoms with E-state index in [1.807, 2.05) is 55.6 Å². The molecule has 1 atom stereocenters. The van der Waals surface area contributed by atoms with Crippen molar-refractivity contribution in [3.05, 3.63) is 118 Å². The van der Waals surface area contributed by atoms with Gasteiger partial charge >= 0.3 is 6.03 Å². The number of hydrogen-bond acceptors (Lipinski definition) is 1. The number of para-hydroxylation sites is 1. The van der Waals surface area contributed by atoms with Crippen LogP contribution in [0.2, 0.25) is 5.02 Å². The number of aryl methyl sites for hydroxylation is 1. The maximum absolute atomic E-state index is 13.7. The van der Waals surface area contributed by atoms with Crippen molar-refractivity contribution in [1.29, 1.82) is 0 Å². The van der Waals surface area contributed by atoms with Gasteiger partial charge in [0.05, 0.1) is 18.3 Å². The molecule has 0 fully saturated rings. The number of hydrogen-bond donors (Lipinski definition) is 1. The van der Waals surface area contributed by atoms with Gasteiger partial charge in [0.25, 0.3) is 0 Å². The lowest BCUT2D eigenvalue weighted by molar-refractivity contribution is 0.194. The van der Waals surface area contributed by atoms with Crippen LogP contribution in [-0.4, -0.2) is 15.5 Å². The molecule has 1 N–H and O–H groups in total. The number of urea groups is 1. The SMILES string of the molecule is Cc1ccc(Cl)cc1NC(=O)N1Cc2ccccc2-n2cccc2[C@@H]1c1ccc(F)cc1. The fourth-order valence-electron chi connectivity index (χ4n) is 4.25. The van der Waals surface area contributed by atoms with Gasteiger partial charge in [-0.2, -0.15) is 0 Å². The second-order valence-corrected chi connectivity index (χ2v) is 8.34. The molecule has 6 heteroatoms. The van der Waals surface area contributed by atoms with E-state index in [0.29, 0.717) is 17.3 Å². The van der Waals surface area contributed by atoms with E-state index in [9.17, 15) is 9.18 Å². The zero-order valence-electron chi connectivity index (χ0n) is 17.4. The Morgan fingerprint density at radius 1 is 1.03 bits per heavy atom. The molecule has 0 radical (unpaired) electrons. The zero-order valence-corrected chi connectivity index (χ0v) is 18.2. The van der Waals surface area contributed by atoms with Crippen molar-refractivity contribution in [3.8, 4) is 5.69 Å². The number of nitrogens with one attached hydrogen (secondary N) is 1. The summed E-state index contributed by atoms with van der Waals surface area (Å²) >= 11 is 6.17. The molecule has 1 aliphatic heterocycles. The molecule has 2 heterocycles. The fraction of sp³-hybridized carbons (Fsp3) is 0.115. The number of carbonyl (C=O) groups excluding carboxylic acids is 1. The second kappa shape index (κ2) is 8.17. The first kappa shape index (κ1) is 20.3. The first-order valence-corrected chi connectivity index (χ1v) is 10.7. The van der Waals surface area contributed by atoms with Crippen LogP contribution in [0.1, 0.15) is 28.4 Å². The topological polar surface area (TPSA) is 37.3 Å². The third-order valence-electron chi connectivity index (χ3n) is 5.85. The van der Waals surface area contributed by atoms with Crippen LogP contribution in [0.15, 0.2) is 85.1 Å². The van der Waals surface area contributed by atoms with Crippen molar-refractivity contribution in [3.63, 3.8) is 0 Å². The van der Waals surface area contributed by atoms with Crippen molar-refractivity contribution in [1.82, 2.24) is 9.47 Å². The third kappa shape index (κ3) is 3.65. The number of benzene rings is 3. The second-order valence-electron chi connectivity index (χ2n) is 7.90. The average molecular weight is 446 g/mol. The fourth-order valence-corrected chi connectivity index (χ4v) is 4.42. The molecule has 1 aromatic heterocycles. The van der Waals surface area contributed by atoms with Crippen molar-refractivity contribution in [2.24, 2.45) is 0 Å². The highest BCUT2D eigenvalue weighted by Gasteiger charge is 2.33. The van der Waals surface area contributed by atoms with Gasteiger partial charge in [0.2, 0.25) is 0 Å². The Labute approximate surface area is 190 Å². The standard InChI is InChI=1S/C26H21ClFN3O/c1-17-8-11-20(27)15-22(17)29-26(32)31-16-19-5-2-3-6-23(19)30-14-4-7-24(30)25(31)18-9-12-21(28)13-10-18/h2-15,25H,16H2,1H3,(H,29,32)/t25-/m0/s1. The monoisotopic (exact) mass is 445 g/mol. The highest BCUT2D eigenvalue weighted by molar-refractivity contribution is 6.31. The van der Waals surface area contributed by atoms with E-state index in [1.54, 1.807) is 29.2 Å². The minimum absolute atomic E-state index is 0.255. The Balaban J connectivity index is 1.63. The van der Waals surface area contributed by atoms with Crippen LogP contribution in [0, 0.1) is 12.7 Å². The number of amides is 2. The summed E-state index contributed by atoms with van der Waals surface area (Å²) in [6.45, 7) is 2.32. The summed E-state index contributed by atoms with van der Waals surface area (Å²) in [6, 6.07) is 23.1. The average Bonchev–Trinajstić information content (AvgIpc) is 3.21. The molecule has 0 aliphatic carbocycles. The first-order chi connectivity index (χ1) is 15.5. The van der Waals surface area contributed by atoms with E-state index in [2.05, 4.69) is 9.88 Å². The van der Waals surface area contributed by atoms with Gasteiger partial charge in [-0.25, -0.2) is 9.18 Å². The molecule has 160 valence electrons. The van der Waals surface area contributed by atoms with Gasteiger partial charge in [-0.1, -0.05) is 48.0 Å². The largest absolute Gasteiger partial charge is 0.322 e. The van der Waals surface area contributed by atoms with Crippen molar-refractivity contribution in [2.75, 3.05) is 5.32 Å². The van der Waals surface area contributed by atoms with Crippen LogP contribution >= 0.6 is 11.6 Å². The molecule has 0 spiro atoms. The number of nitrogens with zero attached hydrogens (tertiary/aromatic N) is 2. The van der Waals surface area contributed by atoms with Gasteiger partial charge in [0, 0.05) is 22.6 Å². The molecule has 0 saturated heterocycles. The van der Waals surface area contributed by atoms with Gasteiger partial charge in [0.1, 0.15) is 5.82 Å². The number of anilines is 1. The Morgan fingerprint density at radius 2 is 1.81 bits per heavy atom. The molecule has 0 unspecified atom stereocenters. The molecule has 5 rings (SSSR count). The van der Waals surface area contributed by atoms with Gasteiger partial charge < -0.3 is 14.8 Å². The zero-order chi connectivity index (χ0) is 22.2. The maximum Gasteiger partial charge on any atom is 0.322 e. The van der Waals surface area contributed by atoms with Crippen molar-refractivity contribution in [2.45, 2.75) is 19.5 Å².